The molecule has 1 aromatic rings. The molecule has 0 aliphatic carbocycles. The first-order valence-corrected chi connectivity index (χ1v) is 5.13. The molecular formula is C13H16O3. The van der Waals surface area contributed by atoms with E-state index in [2.05, 4.69) is 0 Å². The summed E-state index contributed by atoms with van der Waals surface area (Å²) in [6, 6.07) is 7.33. The highest BCUT2D eigenvalue weighted by Gasteiger charge is 2.11. The molecule has 0 aliphatic heterocycles. The van der Waals surface area contributed by atoms with Crippen molar-refractivity contribution in [3.8, 4) is 5.75 Å². The monoisotopic (exact) mass is 220 g/mol. The van der Waals surface area contributed by atoms with Crippen molar-refractivity contribution in [3.05, 3.63) is 35.4 Å². The summed E-state index contributed by atoms with van der Waals surface area (Å²) in [4.78, 5) is 11.0. The van der Waals surface area contributed by atoms with Crippen molar-refractivity contribution in [2.24, 2.45) is 5.92 Å². The number of hydrogen-bond donors (Lipinski definition) is 1. The van der Waals surface area contributed by atoms with Crippen molar-refractivity contribution in [2.45, 2.75) is 13.8 Å². The first kappa shape index (κ1) is 12.3. The topological polar surface area (TPSA) is 46.5 Å². The maximum atomic E-state index is 11.0. The molecule has 0 radical (unpaired) electrons. The standard InChI is InChI=1S/C13H16O3/c1-9(2)12(13(14)15)8-10-5-4-6-11(7-10)16-3/h4-9H,1-3H3,(H,14,15). The van der Waals surface area contributed by atoms with E-state index in [0.29, 0.717) is 5.57 Å². The van der Waals surface area contributed by atoms with Gasteiger partial charge >= 0.3 is 5.97 Å². The minimum atomic E-state index is -0.877. The normalized spacial score (nSPS) is 11.6. The molecule has 0 amide bonds. The van der Waals surface area contributed by atoms with Crippen LogP contribution < -0.4 is 4.74 Å². The number of methoxy groups -OCH3 is 1. The largest absolute Gasteiger partial charge is 0.497 e. The maximum absolute atomic E-state index is 11.0. The summed E-state index contributed by atoms with van der Waals surface area (Å²) in [5.74, 6) is -0.163. The highest BCUT2D eigenvalue weighted by molar-refractivity contribution is 5.92. The summed E-state index contributed by atoms with van der Waals surface area (Å²) in [6.45, 7) is 3.72. The van der Waals surface area contributed by atoms with E-state index in [1.54, 1.807) is 13.2 Å². The number of carbonyl (C=O) groups is 1. The van der Waals surface area contributed by atoms with Gasteiger partial charge in [0.05, 0.1) is 7.11 Å². The molecule has 3 heteroatoms. The van der Waals surface area contributed by atoms with Crippen LogP contribution in [0.5, 0.6) is 5.75 Å². The smallest absolute Gasteiger partial charge is 0.331 e. The summed E-state index contributed by atoms with van der Waals surface area (Å²) in [5, 5.41) is 9.03. The van der Waals surface area contributed by atoms with Gasteiger partial charge in [-0.05, 0) is 29.7 Å². The average molecular weight is 220 g/mol. The Labute approximate surface area is 95.4 Å². The minimum Gasteiger partial charge on any atom is -0.497 e. The van der Waals surface area contributed by atoms with E-state index in [0.717, 1.165) is 11.3 Å². The lowest BCUT2D eigenvalue weighted by atomic mass is 10.0. The second-order valence-electron chi connectivity index (χ2n) is 3.84. The minimum absolute atomic E-state index is 0.0105. The highest BCUT2D eigenvalue weighted by Crippen LogP contribution is 2.18. The lowest BCUT2D eigenvalue weighted by molar-refractivity contribution is -0.133. The molecule has 1 rings (SSSR count). The quantitative estimate of drug-likeness (QED) is 0.793. The Morgan fingerprint density at radius 3 is 2.62 bits per heavy atom. The Hall–Kier alpha value is -1.77. The molecule has 3 nitrogen and oxygen atoms in total. The average Bonchev–Trinajstić information content (AvgIpc) is 2.25. The van der Waals surface area contributed by atoms with Crippen molar-refractivity contribution >= 4 is 12.0 Å². The molecule has 0 heterocycles. The SMILES string of the molecule is COc1cccc(C=C(C(=O)O)C(C)C)c1. The van der Waals surface area contributed by atoms with Gasteiger partial charge in [-0.1, -0.05) is 26.0 Å². The maximum Gasteiger partial charge on any atom is 0.331 e. The van der Waals surface area contributed by atoms with Gasteiger partial charge in [-0.25, -0.2) is 4.79 Å². The number of ether oxygens (including phenoxy) is 1. The number of carboxylic acid groups (broad SMARTS) is 1. The van der Waals surface area contributed by atoms with Crippen molar-refractivity contribution in [3.63, 3.8) is 0 Å². The van der Waals surface area contributed by atoms with Crippen molar-refractivity contribution in [1.82, 2.24) is 0 Å². The van der Waals surface area contributed by atoms with Crippen molar-refractivity contribution in [2.75, 3.05) is 7.11 Å². The van der Waals surface area contributed by atoms with Crippen LogP contribution in [0.15, 0.2) is 29.8 Å². The van der Waals surface area contributed by atoms with Crippen LogP contribution in [0.2, 0.25) is 0 Å². The fourth-order valence-electron chi connectivity index (χ4n) is 1.39. The molecule has 1 aromatic carbocycles. The van der Waals surface area contributed by atoms with Crippen LogP contribution in [-0.2, 0) is 4.79 Å². The van der Waals surface area contributed by atoms with E-state index in [1.165, 1.54) is 0 Å². The van der Waals surface area contributed by atoms with Crippen molar-refractivity contribution in [1.29, 1.82) is 0 Å². The van der Waals surface area contributed by atoms with Crippen LogP contribution >= 0.6 is 0 Å². The number of carboxylic acids is 1. The van der Waals surface area contributed by atoms with Gasteiger partial charge in [-0.2, -0.15) is 0 Å². The predicted molar refractivity (Wildman–Crippen MR) is 63.4 cm³/mol. The third-order valence-electron chi connectivity index (χ3n) is 2.28. The van der Waals surface area contributed by atoms with Crippen LogP contribution in [0.4, 0.5) is 0 Å². The summed E-state index contributed by atoms with van der Waals surface area (Å²) in [5.41, 5.74) is 1.23. The van der Waals surface area contributed by atoms with Gasteiger partial charge in [0.25, 0.3) is 0 Å². The fourth-order valence-corrected chi connectivity index (χ4v) is 1.39. The summed E-state index contributed by atoms with van der Waals surface area (Å²) in [6.07, 6.45) is 1.68. The summed E-state index contributed by atoms with van der Waals surface area (Å²) >= 11 is 0. The summed E-state index contributed by atoms with van der Waals surface area (Å²) in [7, 11) is 1.59. The number of aliphatic carboxylic acids is 1. The van der Waals surface area contributed by atoms with Gasteiger partial charge < -0.3 is 9.84 Å². The first-order valence-electron chi connectivity index (χ1n) is 5.13. The van der Waals surface area contributed by atoms with Gasteiger partial charge in [0.2, 0.25) is 0 Å². The highest BCUT2D eigenvalue weighted by atomic mass is 16.5. The molecule has 16 heavy (non-hydrogen) atoms. The third kappa shape index (κ3) is 3.12. The van der Waals surface area contributed by atoms with Crippen LogP contribution in [0, 0.1) is 5.92 Å². The lowest BCUT2D eigenvalue weighted by Gasteiger charge is -2.06. The second kappa shape index (κ2) is 5.35. The molecule has 0 spiro atoms. The van der Waals surface area contributed by atoms with E-state index >= 15 is 0 Å². The lowest BCUT2D eigenvalue weighted by Crippen LogP contribution is -2.06. The number of benzene rings is 1. The molecule has 0 bridgehead atoms. The van der Waals surface area contributed by atoms with Gasteiger partial charge in [0, 0.05) is 5.57 Å². The Bertz CT molecular complexity index is 405. The molecule has 0 atom stereocenters. The molecule has 86 valence electrons. The Kier molecular flexibility index (Phi) is 4.11. The number of rotatable bonds is 4. The zero-order valence-corrected chi connectivity index (χ0v) is 9.73. The molecule has 0 aliphatic rings. The Balaban J connectivity index is 3.07. The van der Waals surface area contributed by atoms with Gasteiger partial charge in [0.15, 0.2) is 0 Å². The third-order valence-corrected chi connectivity index (χ3v) is 2.28. The first-order chi connectivity index (χ1) is 7.54. The second-order valence-corrected chi connectivity index (χ2v) is 3.84. The van der Waals surface area contributed by atoms with E-state index < -0.39 is 5.97 Å². The fraction of sp³-hybridized carbons (Fsp3) is 0.308. The molecule has 0 saturated heterocycles. The molecule has 0 fully saturated rings. The van der Waals surface area contributed by atoms with Crippen LogP contribution in [0.25, 0.3) is 6.08 Å². The zero-order chi connectivity index (χ0) is 12.1. The molecule has 0 aromatic heterocycles. The van der Waals surface area contributed by atoms with Gasteiger partial charge in [-0.15, -0.1) is 0 Å². The molecule has 0 unspecified atom stereocenters. The van der Waals surface area contributed by atoms with Crippen LogP contribution in [-0.4, -0.2) is 18.2 Å². The summed E-state index contributed by atoms with van der Waals surface area (Å²) < 4.78 is 5.08. The van der Waals surface area contributed by atoms with E-state index in [1.807, 2.05) is 38.1 Å². The van der Waals surface area contributed by atoms with E-state index in [4.69, 9.17) is 9.84 Å². The Morgan fingerprint density at radius 2 is 2.12 bits per heavy atom. The van der Waals surface area contributed by atoms with E-state index in [-0.39, 0.29) is 5.92 Å². The molecule has 0 saturated carbocycles. The Morgan fingerprint density at radius 1 is 1.44 bits per heavy atom. The van der Waals surface area contributed by atoms with Crippen molar-refractivity contribution < 1.29 is 14.6 Å². The van der Waals surface area contributed by atoms with E-state index in [9.17, 15) is 4.79 Å². The van der Waals surface area contributed by atoms with Gasteiger partial charge in [0.1, 0.15) is 5.75 Å². The molecule has 1 N–H and O–H groups in total. The van der Waals surface area contributed by atoms with Crippen LogP contribution in [0.1, 0.15) is 19.4 Å². The predicted octanol–water partition coefficient (Wildman–Crippen LogP) is 2.82. The van der Waals surface area contributed by atoms with Crippen LogP contribution in [0.3, 0.4) is 0 Å². The zero-order valence-electron chi connectivity index (χ0n) is 9.73. The number of hydrogen-bond acceptors (Lipinski definition) is 2. The van der Waals surface area contributed by atoms with Gasteiger partial charge in [-0.3, -0.25) is 0 Å². The molecular weight excluding hydrogens is 204 g/mol.